The highest BCUT2D eigenvalue weighted by Crippen LogP contribution is 2.26. The second-order valence-corrected chi connectivity index (χ2v) is 4.76. The third-order valence-corrected chi connectivity index (χ3v) is 3.46. The molecule has 1 saturated heterocycles. The minimum atomic E-state index is -1.08. The molecule has 9 heteroatoms. The van der Waals surface area contributed by atoms with Crippen LogP contribution < -0.4 is 5.73 Å². The molecule has 2 rings (SSSR count). The summed E-state index contributed by atoms with van der Waals surface area (Å²) in [5.41, 5.74) is 6.02. The number of esters is 1. The van der Waals surface area contributed by atoms with E-state index in [9.17, 15) is 14.7 Å². The molecule has 21 heavy (non-hydrogen) atoms. The number of ether oxygens (including phenoxy) is 1. The first-order chi connectivity index (χ1) is 9.95. The zero-order valence-electron chi connectivity index (χ0n) is 11.6. The summed E-state index contributed by atoms with van der Waals surface area (Å²) < 4.78 is 6.22. The van der Waals surface area contributed by atoms with E-state index >= 15 is 0 Å². The minimum absolute atomic E-state index is 0.0198. The molecular formula is C12H18N4O5. The molecule has 2 atom stereocenters. The number of anilines is 1. The standard InChI is InChI=1S/C12H18N4O5/c1-2-21-11(18)7-5-14-16(10(7)13)8-3-4-15(12(19)20)6-9(8)17/h5,8-9,17H,2-4,6,13H2,1H3,(H,19,20). The maximum absolute atomic E-state index is 11.7. The third kappa shape index (κ3) is 2.92. The van der Waals surface area contributed by atoms with Crippen LogP contribution in [-0.4, -0.2) is 62.8 Å². The van der Waals surface area contributed by atoms with Crippen LogP contribution in [0.1, 0.15) is 29.7 Å². The van der Waals surface area contributed by atoms with Crippen LogP contribution >= 0.6 is 0 Å². The lowest BCUT2D eigenvalue weighted by atomic mass is 10.0. The number of carboxylic acid groups (broad SMARTS) is 1. The van der Waals surface area contributed by atoms with E-state index in [1.165, 1.54) is 10.9 Å². The van der Waals surface area contributed by atoms with Crippen LogP contribution in [0.4, 0.5) is 10.6 Å². The van der Waals surface area contributed by atoms with Crippen molar-refractivity contribution in [1.82, 2.24) is 14.7 Å². The number of aromatic nitrogens is 2. The monoisotopic (exact) mass is 298 g/mol. The molecule has 4 N–H and O–H groups in total. The van der Waals surface area contributed by atoms with Crippen molar-refractivity contribution in [3.63, 3.8) is 0 Å². The number of rotatable bonds is 3. The van der Waals surface area contributed by atoms with Crippen molar-refractivity contribution in [2.24, 2.45) is 0 Å². The number of amides is 1. The summed E-state index contributed by atoms with van der Waals surface area (Å²) >= 11 is 0. The fraction of sp³-hybridized carbons (Fsp3) is 0.583. The third-order valence-electron chi connectivity index (χ3n) is 3.46. The van der Waals surface area contributed by atoms with Crippen LogP contribution in [0.2, 0.25) is 0 Å². The highest BCUT2D eigenvalue weighted by molar-refractivity contribution is 5.94. The Morgan fingerprint density at radius 1 is 1.57 bits per heavy atom. The van der Waals surface area contributed by atoms with Crippen molar-refractivity contribution in [3.8, 4) is 0 Å². The van der Waals surface area contributed by atoms with Gasteiger partial charge >= 0.3 is 12.1 Å². The number of carbonyl (C=O) groups excluding carboxylic acids is 1. The first-order valence-corrected chi connectivity index (χ1v) is 6.61. The lowest BCUT2D eigenvalue weighted by Crippen LogP contribution is -2.47. The molecule has 2 heterocycles. The van der Waals surface area contributed by atoms with Gasteiger partial charge in [0.2, 0.25) is 0 Å². The lowest BCUT2D eigenvalue weighted by molar-refractivity contribution is 0.0263. The van der Waals surface area contributed by atoms with Crippen LogP contribution in [0.25, 0.3) is 0 Å². The summed E-state index contributed by atoms with van der Waals surface area (Å²) in [5.74, 6) is -0.458. The van der Waals surface area contributed by atoms with E-state index in [4.69, 9.17) is 15.6 Å². The summed E-state index contributed by atoms with van der Waals surface area (Å²) in [6, 6.07) is -0.469. The molecule has 0 aliphatic carbocycles. The molecule has 1 amide bonds. The molecule has 1 aliphatic rings. The zero-order chi connectivity index (χ0) is 15.6. The molecule has 0 spiro atoms. The molecule has 0 saturated carbocycles. The molecule has 0 radical (unpaired) electrons. The van der Waals surface area contributed by atoms with E-state index in [0.29, 0.717) is 6.42 Å². The van der Waals surface area contributed by atoms with Gasteiger partial charge in [0.1, 0.15) is 11.4 Å². The van der Waals surface area contributed by atoms with Gasteiger partial charge in [-0.1, -0.05) is 0 Å². The SMILES string of the molecule is CCOC(=O)c1cnn(C2CCN(C(=O)O)CC2O)c1N. The number of carbonyl (C=O) groups is 2. The minimum Gasteiger partial charge on any atom is -0.465 e. The predicted octanol–water partition coefficient (Wildman–Crippen LogP) is -0.0723. The smallest absolute Gasteiger partial charge is 0.407 e. The van der Waals surface area contributed by atoms with E-state index in [-0.39, 0.29) is 31.1 Å². The quantitative estimate of drug-likeness (QED) is 0.665. The van der Waals surface area contributed by atoms with Crippen molar-refractivity contribution in [2.45, 2.75) is 25.5 Å². The Labute approximate surface area is 120 Å². The number of nitrogens with two attached hydrogens (primary N) is 1. The fourth-order valence-electron chi connectivity index (χ4n) is 2.38. The van der Waals surface area contributed by atoms with Gasteiger partial charge in [0.15, 0.2) is 0 Å². The molecular weight excluding hydrogens is 280 g/mol. The molecule has 116 valence electrons. The maximum Gasteiger partial charge on any atom is 0.407 e. The van der Waals surface area contributed by atoms with Crippen molar-refractivity contribution in [1.29, 1.82) is 0 Å². The topological polar surface area (TPSA) is 131 Å². The number of hydrogen-bond donors (Lipinski definition) is 3. The van der Waals surface area contributed by atoms with Gasteiger partial charge in [-0.15, -0.1) is 0 Å². The number of aliphatic hydroxyl groups excluding tert-OH is 1. The van der Waals surface area contributed by atoms with Crippen molar-refractivity contribution in [2.75, 3.05) is 25.4 Å². The van der Waals surface area contributed by atoms with E-state index < -0.39 is 24.2 Å². The summed E-state index contributed by atoms with van der Waals surface area (Å²) in [4.78, 5) is 23.7. The fourth-order valence-corrected chi connectivity index (χ4v) is 2.38. The molecule has 1 aromatic heterocycles. The molecule has 1 aliphatic heterocycles. The molecule has 0 bridgehead atoms. The second kappa shape index (κ2) is 6.00. The molecule has 1 aromatic rings. The van der Waals surface area contributed by atoms with Crippen LogP contribution in [0.5, 0.6) is 0 Å². The van der Waals surface area contributed by atoms with Crippen LogP contribution in [0, 0.1) is 0 Å². The van der Waals surface area contributed by atoms with E-state index in [1.54, 1.807) is 6.92 Å². The molecule has 2 unspecified atom stereocenters. The van der Waals surface area contributed by atoms with Gasteiger partial charge in [-0.25, -0.2) is 14.3 Å². The van der Waals surface area contributed by atoms with E-state index in [1.807, 2.05) is 0 Å². The second-order valence-electron chi connectivity index (χ2n) is 4.76. The van der Waals surface area contributed by atoms with Crippen molar-refractivity contribution in [3.05, 3.63) is 11.8 Å². The van der Waals surface area contributed by atoms with Crippen molar-refractivity contribution >= 4 is 17.9 Å². The van der Waals surface area contributed by atoms with Crippen LogP contribution in [-0.2, 0) is 4.74 Å². The van der Waals surface area contributed by atoms with Crippen molar-refractivity contribution < 1.29 is 24.5 Å². The Morgan fingerprint density at radius 3 is 2.86 bits per heavy atom. The number of hydrogen-bond acceptors (Lipinski definition) is 6. The Morgan fingerprint density at radius 2 is 2.29 bits per heavy atom. The number of likely N-dealkylation sites (tertiary alicyclic amines) is 1. The highest BCUT2D eigenvalue weighted by atomic mass is 16.5. The number of β-amino-alcohol motifs (C(OH)–C–C–N with tert-alkyl or cyclic N) is 1. The van der Waals surface area contributed by atoms with Gasteiger partial charge in [0.05, 0.1) is 31.5 Å². The average Bonchev–Trinajstić information content (AvgIpc) is 2.80. The summed E-state index contributed by atoms with van der Waals surface area (Å²) in [7, 11) is 0. The number of aliphatic hydroxyl groups is 1. The van der Waals surface area contributed by atoms with Gasteiger partial charge in [0, 0.05) is 6.54 Å². The zero-order valence-corrected chi connectivity index (χ0v) is 11.6. The molecule has 1 fully saturated rings. The van der Waals surface area contributed by atoms with E-state index in [0.717, 1.165) is 4.90 Å². The number of nitrogens with zero attached hydrogens (tertiary/aromatic N) is 3. The summed E-state index contributed by atoms with van der Waals surface area (Å²) in [5, 5.41) is 23.0. The average molecular weight is 298 g/mol. The van der Waals surface area contributed by atoms with Gasteiger partial charge in [0.25, 0.3) is 0 Å². The predicted molar refractivity (Wildman–Crippen MR) is 71.9 cm³/mol. The Bertz CT molecular complexity index is 544. The first-order valence-electron chi connectivity index (χ1n) is 6.61. The Balaban J connectivity index is 2.16. The molecule has 0 aromatic carbocycles. The summed E-state index contributed by atoms with van der Waals surface area (Å²) in [6.07, 6.45) is -0.356. The van der Waals surface area contributed by atoms with Gasteiger partial charge in [-0.3, -0.25) is 0 Å². The highest BCUT2D eigenvalue weighted by Gasteiger charge is 2.33. The van der Waals surface area contributed by atoms with Crippen LogP contribution in [0.15, 0.2) is 6.20 Å². The molecule has 9 nitrogen and oxygen atoms in total. The van der Waals surface area contributed by atoms with Gasteiger partial charge in [-0.2, -0.15) is 5.10 Å². The van der Waals surface area contributed by atoms with Gasteiger partial charge in [-0.05, 0) is 13.3 Å². The normalized spacial score (nSPS) is 22.1. The summed E-state index contributed by atoms with van der Waals surface area (Å²) in [6.45, 7) is 2.16. The maximum atomic E-state index is 11.7. The largest absolute Gasteiger partial charge is 0.465 e. The number of nitrogen functional groups attached to an aromatic ring is 1. The van der Waals surface area contributed by atoms with Gasteiger partial charge < -0.3 is 25.6 Å². The van der Waals surface area contributed by atoms with Crippen LogP contribution in [0.3, 0.4) is 0 Å². The number of piperidine rings is 1. The Hall–Kier alpha value is -2.29. The lowest BCUT2D eigenvalue weighted by Gasteiger charge is -2.34. The first kappa shape index (κ1) is 15.1. The Kier molecular flexibility index (Phi) is 4.32. The van der Waals surface area contributed by atoms with E-state index in [2.05, 4.69) is 5.10 Å².